The molecule has 0 radical (unpaired) electrons. The van der Waals surface area contributed by atoms with Gasteiger partial charge < -0.3 is 14.2 Å². The van der Waals surface area contributed by atoms with Gasteiger partial charge in [-0.05, 0) is 49.2 Å². The summed E-state index contributed by atoms with van der Waals surface area (Å²) < 4.78 is 71.8. The van der Waals surface area contributed by atoms with E-state index in [1.54, 1.807) is 38.1 Å². The summed E-state index contributed by atoms with van der Waals surface area (Å²) in [4.78, 5) is 0. The highest BCUT2D eigenvalue weighted by molar-refractivity contribution is 5.65. The number of hydrogen-bond acceptors (Lipinski definition) is 3. The maximum absolute atomic E-state index is 14.3. The van der Waals surface area contributed by atoms with Crippen LogP contribution in [0.3, 0.4) is 0 Å². The molecule has 158 valence electrons. The molecule has 7 heteroatoms. The third-order valence-electron chi connectivity index (χ3n) is 4.32. The molecule has 3 nitrogen and oxygen atoms in total. The minimum Gasteiger partial charge on any atom is -0.491 e. The molecule has 3 aromatic carbocycles. The van der Waals surface area contributed by atoms with Crippen LogP contribution in [0.25, 0.3) is 11.1 Å². The Kier molecular flexibility index (Phi) is 6.82. The summed E-state index contributed by atoms with van der Waals surface area (Å²) in [5.41, 5.74) is 1.18. The van der Waals surface area contributed by atoms with E-state index in [0.717, 1.165) is 0 Å². The lowest BCUT2D eigenvalue weighted by Gasteiger charge is -2.12. The van der Waals surface area contributed by atoms with Gasteiger partial charge in [0.25, 0.3) is 0 Å². The van der Waals surface area contributed by atoms with Crippen LogP contribution >= 0.6 is 0 Å². The van der Waals surface area contributed by atoms with Gasteiger partial charge in [0, 0.05) is 5.56 Å². The molecule has 0 saturated carbocycles. The zero-order chi connectivity index (χ0) is 21.7. The molecule has 0 N–H and O–H groups in total. The van der Waals surface area contributed by atoms with Crippen LogP contribution in [0.1, 0.15) is 19.4 Å². The average molecular weight is 420 g/mol. The molecule has 0 heterocycles. The molecule has 0 amide bonds. The van der Waals surface area contributed by atoms with Gasteiger partial charge in [0.05, 0.1) is 13.2 Å². The molecule has 3 aromatic rings. The Morgan fingerprint density at radius 3 is 1.57 bits per heavy atom. The van der Waals surface area contributed by atoms with Gasteiger partial charge in [0.1, 0.15) is 6.61 Å². The van der Waals surface area contributed by atoms with Crippen LogP contribution in [0.4, 0.5) is 17.6 Å². The minimum atomic E-state index is -1.13. The monoisotopic (exact) mass is 420 g/mol. The SMILES string of the molecule is CCOc1ccc(OCc2ccc(-c3ccc(OCC)c(F)c3F)cc2)c(F)c1F. The van der Waals surface area contributed by atoms with Crippen molar-refractivity contribution in [1.29, 1.82) is 0 Å². The van der Waals surface area contributed by atoms with Crippen LogP contribution in [-0.2, 0) is 6.61 Å². The maximum atomic E-state index is 14.3. The molecule has 0 fully saturated rings. The fourth-order valence-corrected chi connectivity index (χ4v) is 2.86. The van der Waals surface area contributed by atoms with Crippen molar-refractivity contribution in [2.75, 3.05) is 13.2 Å². The smallest absolute Gasteiger partial charge is 0.204 e. The Morgan fingerprint density at radius 1 is 0.567 bits per heavy atom. The molecule has 0 saturated heterocycles. The van der Waals surface area contributed by atoms with E-state index < -0.39 is 23.3 Å². The van der Waals surface area contributed by atoms with Gasteiger partial charge in [-0.15, -0.1) is 0 Å². The molecule has 30 heavy (non-hydrogen) atoms. The highest BCUT2D eigenvalue weighted by atomic mass is 19.2. The van der Waals surface area contributed by atoms with Crippen LogP contribution in [0.2, 0.25) is 0 Å². The summed E-state index contributed by atoms with van der Waals surface area (Å²) in [6, 6.07) is 11.8. The summed E-state index contributed by atoms with van der Waals surface area (Å²) in [7, 11) is 0. The van der Waals surface area contributed by atoms with Crippen molar-refractivity contribution in [1.82, 2.24) is 0 Å². The van der Waals surface area contributed by atoms with Gasteiger partial charge in [-0.2, -0.15) is 13.2 Å². The average Bonchev–Trinajstić information content (AvgIpc) is 2.75. The van der Waals surface area contributed by atoms with Crippen LogP contribution in [0.15, 0.2) is 48.5 Å². The van der Waals surface area contributed by atoms with E-state index in [4.69, 9.17) is 14.2 Å². The number of hydrogen-bond donors (Lipinski definition) is 0. The Bertz CT molecular complexity index is 1020. The van der Waals surface area contributed by atoms with E-state index in [9.17, 15) is 17.6 Å². The summed E-state index contributed by atoms with van der Waals surface area (Å²) in [6.07, 6.45) is 0. The lowest BCUT2D eigenvalue weighted by Crippen LogP contribution is -2.02. The molecular formula is C23H20F4O3. The van der Waals surface area contributed by atoms with Crippen molar-refractivity contribution < 1.29 is 31.8 Å². The highest BCUT2D eigenvalue weighted by Crippen LogP contribution is 2.31. The Labute approximate surface area is 171 Å². The summed E-state index contributed by atoms with van der Waals surface area (Å²) in [5, 5.41) is 0. The number of halogens is 4. The van der Waals surface area contributed by atoms with E-state index >= 15 is 0 Å². The van der Waals surface area contributed by atoms with Crippen LogP contribution in [-0.4, -0.2) is 13.2 Å². The first-order valence-electron chi connectivity index (χ1n) is 9.39. The first kappa shape index (κ1) is 21.5. The second kappa shape index (κ2) is 9.52. The number of ether oxygens (including phenoxy) is 3. The van der Waals surface area contributed by atoms with E-state index in [1.807, 2.05) is 0 Å². The molecule has 0 bridgehead atoms. The van der Waals surface area contributed by atoms with Crippen molar-refractivity contribution in [2.45, 2.75) is 20.5 Å². The minimum absolute atomic E-state index is 0.0370. The molecule has 0 aromatic heterocycles. The van der Waals surface area contributed by atoms with Crippen molar-refractivity contribution in [3.63, 3.8) is 0 Å². The lowest BCUT2D eigenvalue weighted by molar-refractivity contribution is 0.274. The summed E-state index contributed by atoms with van der Waals surface area (Å²) >= 11 is 0. The van der Waals surface area contributed by atoms with Crippen molar-refractivity contribution >= 4 is 0 Å². The number of benzene rings is 3. The zero-order valence-corrected chi connectivity index (χ0v) is 16.5. The van der Waals surface area contributed by atoms with E-state index in [-0.39, 0.29) is 42.6 Å². The third-order valence-corrected chi connectivity index (χ3v) is 4.32. The first-order valence-corrected chi connectivity index (χ1v) is 9.39. The van der Waals surface area contributed by atoms with Gasteiger partial charge in [-0.1, -0.05) is 24.3 Å². The molecule has 0 spiro atoms. The van der Waals surface area contributed by atoms with Gasteiger partial charge >= 0.3 is 0 Å². The van der Waals surface area contributed by atoms with Crippen LogP contribution < -0.4 is 14.2 Å². The van der Waals surface area contributed by atoms with Crippen LogP contribution in [0, 0.1) is 23.3 Å². The Hall–Kier alpha value is -3.22. The normalized spacial score (nSPS) is 10.7. The van der Waals surface area contributed by atoms with Gasteiger partial charge in [-0.25, -0.2) is 4.39 Å². The molecule has 3 rings (SSSR count). The largest absolute Gasteiger partial charge is 0.491 e. The molecular weight excluding hydrogens is 400 g/mol. The van der Waals surface area contributed by atoms with Gasteiger partial charge in [0.2, 0.25) is 17.5 Å². The van der Waals surface area contributed by atoms with E-state index in [1.165, 1.54) is 24.3 Å². The maximum Gasteiger partial charge on any atom is 0.204 e. The van der Waals surface area contributed by atoms with E-state index in [0.29, 0.717) is 11.1 Å². The number of rotatable bonds is 8. The van der Waals surface area contributed by atoms with E-state index in [2.05, 4.69) is 0 Å². The summed E-state index contributed by atoms with van der Waals surface area (Å²) in [5.74, 6) is -4.88. The Balaban J connectivity index is 1.73. The molecule has 0 aliphatic carbocycles. The predicted molar refractivity (Wildman–Crippen MR) is 105 cm³/mol. The topological polar surface area (TPSA) is 27.7 Å². The van der Waals surface area contributed by atoms with Gasteiger partial charge in [-0.3, -0.25) is 0 Å². The molecule has 0 aliphatic rings. The van der Waals surface area contributed by atoms with Crippen molar-refractivity contribution in [3.8, 4) is 28.4 Å². The fourth-order valence-electron chi connectivity index (χ4n) is 2.86. The quantitative estimate of drug-likeness (QED) is 0.401. The van der Waals surface area contributed by atoms with Crippen LogP contribution in [0.5, 0.6) is 17.2 Å². The van der Waals surface area contributed by atoms with Crippen molar-refractivity contribution in [3.05, 3.63) is 77.4 Å². The lowest BCUT2D eigenvalue weighted by atomic mass is 10.0. The predicted octanol–water partition coefficient (Wildman–Crippen LogP) is 6.29. The standard InChI is InChI=1S/C23H20F4O3/c1-3-28-17-10-9-16(20(24)21(17)25)15-7-5-14(6-8-15)13-30-19-12-11-18(29-4-2)22(26)23(19)27/h5-12H,3-4,13H2,1-2H3. The first-order chi connectivity index (χ1) is 14.5. The molecule has 0 aliphatic heterocycles. The third kappa shape index (κ3) is 4.50. The molecule has 0 atom stereocenters. The Morgan fingerprint density at radius 2 is 1.03 bits per heavy atom. The fraction of sp³-hybridized carbons (Fsp3) is 0.217. The second-order valence-corrected chi connectivity index (χ2v) is 6.28. The van der Waals surface area contributed by atoms with Gasteiger partial charge in [0.15, 0.2) is 23.1 Å². The van der Waals surface area contributed by atoms with Crippen molar-refractivity contribution in [2.24, 2.45) is 0 Å². The zero-order valence-electron chi connectivity index (χ0n) is 16.5. The summed E-state index contributed by atoms with van der Waals surface area (Å²) in [6.45, 7) is 3.74. The highest BCUT2D eigenvalue weighted by Gasteiger charge is 2.17. The second-order valence-electron chi connectivity index (χ2n) is 6.28. The molecule has 0 unspecified atom stereocenters.